The Morgan fingerprint density at radius 3 is 2.21 bits per heavy atom. The van der Waals surface area contributed by atoms with Gasteiger partial charge in [-0.3, -0.25) is 0 Å². The van der Waals surface area contributed by atoms with Gasteiger partial charge < -0.3 is 18.9 Å². The van der Waals surface area contributed by atoms with Crippen LogP contribution in [0.25, 0.3) is 11.1 Å². The normalized spacial score (nSPS) is 16.9. The van der Waals surface area contributed by atoms with E-state index in [0.29, 0.717) is 18.4 Å². The summed E-state index contributed by atoms with van der Waals surface area (Å²) in [6.07, 6.45) is 14.2. The van der Waals surface area contributed by atoms with Crippen LogP contribution >= 0.6 is 0 Å². The molecule has 2 heterocycles. The molecular weight excluding hydrogens is 420 g/mol. The maximum absolute atomic E-state index is 11.8. The smallest absolute Gasteiger partial charge is 0.463 e. The van der Waals surface area contributed by atoms with Gasteiger partial charge in [0, 0.05) is 18.0 Å². The number of carbonyl (C=O) groups excluding carboxylic acids is 1. The van der Waals surface area contributed by atoms with Crippen molar-refractivity contribution in [3.05, 3.63) is 36.7 Å². The molecule has 180 valence electrons. The van der Waals surface area contributed by atoms with Crippen molar-refractivity contribution in [3.63, 3.8) is 0 Å². The highest BCUT2D eigenvalue weighted by atomic mass is 16.8. The molecule has 0 saturated carbocycles. The number of nitrogens with zero attached hydrogens (tertiary/aromatic N) is 2. The van der Waals surface area contributed by atoms with E-state index < -0.39 is 12.4 Å². The van der Waals surface area contributed by atoms with Crippen molar-refractivity contribution in [2.45, 2.75) is 90.4 Å². The van der Waals surface area contributed by atoms with Gasteiger partial charge in [0.25, 0.3) is 0 Å². The Labute approximate surface area is 196 Å². The van der Waals surface area contributed by atoms with E-state index in [1.165, 1.54) is 44.9 Å². The summed E-state index contributed by atoms with van der Waals surface area (Å²) in [5.41, 5.74) is 1.77. The average Bonchev–Trinajstić information content (AvgIpc) is 3.56. The zero-order valence-electron chi connectivity index (χ0n) is 19.8. The Morgan fingerprint density at radius 1 is 0.879 bits per heavy atom. The lowest BCUT2D eigenvalue weighted by atomic mass is 10.1. The fourth-order valence-electron chi connectivity index (χ4n) is 3.59. The molecule has 1 aliphatic rings. The Kier molecular flexibility index (Phi) is 10.4. The molecule has 0 spiro atoms. The second-order valence-electron chi connectivity index (χ2n) is 8.40. The molecule has 1 aromatic carbocycles. The molecule has 0 radical (unpaired) electrons. The average molecular weight is 457 g/mol. The number of aromatic nitrogens is 2. The van der Waals surface area contributed by atoms with Gasteiger partial charge in [-0.25, -0.2) is 14.8 Å². The molecule has 2 aromatic rings. The van der Waals surface area contributed by atoms with Crippen molar-refractivity contribution in [1.29, 1.82) is 0 Å². The van der Waals surface area contributed by atoms with Crippen LogP contribution in [0.5, 0.6) is 11.8 Å². The number of hydrogen-bond donors (Lipinski definition) is 0. The van der Waals surface area contributed by atoms with Crippen LogP contribution in [0, 0.1) is 0 Å². The molecule has 7 heteroatoms. The van der Waals surface area contributed by atoms with E-state index in [2.05, 4.69) is 23.8 Å². The number of unbranched alkanes of at least 4 members (excludes halogenated alkanes) is 7. The third-order valence-electron chi connectivity index (χ3n) is 5.57. The van der Waals surface area contributed by atoms with Gasteiger partial charge in [-0.2, -0.15) is 0 Å². The standard InChI is InChI=1S/C26H36N2O5/c1-3-5-6-7-8-9-10-11-17-30-25-27-18-21(19-28-25)20-13-15-22(16-14-20)31-26(29)33-24-23(32-24)12-4-2/h13-16,18-19,23-24H,3-12,17H2,1-2H3/t23-,24-/m1/s1. The third kappa shape index (κ3) is 9.00. The van der Waals surface area contributed by atoms with Crippen molar-refractivity contribution in [2.24, 2.45) is 0 Å². The minimum atomic E-state index is -0.757. The summed E-state index contributed by atoms with van der Waals surface area (Å²) in [6.45, 7) is 4.94. The summed E-state index contributed by atoms with van der Waals surface area (Å²) in [5.74, 6) is 0.405. The number of hydrogen-bond acceptors (Lipinski definition) is 7. The highest BCUT2D eigenvalue weighted by molar-refractivity contribution is 5.66. The second-order valence-corrected chi connectivity index (χ2v) is 8.40. The van der Waals surface area contributed by atoms with Crippen molar-refractivity contribution in [1.82, 2.24) is 9.97 Å². The SMILES string of the molecule is CCCCCCCCCCOc1ncc(-c2ccc(OC(=O)O[C@H]3O[C@@H]3CCC)cc2)cn1. The van der Waals surface area contributed by atoms with Crippen LogP contribution in [0.3, 0.4) is 0 Å². The van der Waals surface area contributed by atoms with Crippen LogP contribution in [0.15, 0.2) is 36.7 Å². The topological polar surface area (TPSA) is 83.1 Å². The molecule has 2 atom stereocenters. The van der Waals surface area contributed by atoms with Gasteiger partial charge in [-0.15, -0.1) is 0 Å². The highest BCUT2D eigenvalue weighted by Gasteiger charge is 2.42. The molecule has 1 aromatic heterocycles. The van der Waals surface area contributed by atoms with E-state index in [1.807, 2.05) is 12.1 Å². The molecule has 3 rings (SSSR count). The summed E-state index contributed by atoms with van der Waals surface area (Å²) in [6, 6.07) is 7.50. The number of epoxide rings is 1. The van der Waals surface area contributed by atoms with Gasteiger partial charge >= 0.3 is 12.2 Å². The summed E-state index contributed by atoms with van der Waals surface area (Å²) >= 11 is 0. The number of rotatable bonds is 15. The quantitative estimate of drug-likeness (QED) is 0.128. The van der Waals surface area contributed by atoms with E-state index in [9.17, 15) is 4.79 Å². The first-order valence-electron chi connectivity index (χ1n) is 12.3. The lowest BCUT2D eigenvalue weighted by molar-refractivity contribution is 0.0562. The summed E-state index contributed by atoms with van der Waals surface area (Å²) < 4.78 is 21.2. The third-order valence-corrected chi connectivity index (χ3v) is 5.57. The Bertz CT molecular complexity index is 826. The molecule has 0 N–H and O–H groups in total. The predicted octanol–water partition coefficient (Wildman–Crippen LogP) is 6.70. The van der Waals surface area contributed by atoms with Gasteiger partial charge in [0.1, 0.15) is 11.9 Å². The molecule has 1 aliphatic heterocycles. The summed E-state index contributed by atoms with van der Waals surface area (Å²) in [5, 5.41) is 0. The molecule has 7 nitrogen and oxygen atoms in total. The van der Waals surface area contributed by atoms with Gasteiger partial charge in [0.05, 0.1) is 6.61 Å². The molecular formula is C26H36N2O5. The first kappa shape index (κ1) is 25.0. The van der Waals surface area contributed by atoms with E-state index in [1.54, 1.807) is 24.5 Å². The van der Waals surface area contributed by atoms with E-state index in [4.69, 9.17) is 18.9 Å². The van der Waals surface area contributed by atoms with Crippen LogP contribution in [-0.2, 0) is 9.47 Å². The lowest BCUT2D eigenvalue weighted by Crippen LogP contribution is -2.14. The zero-order chi connectivity index (χ0) is 23.3. The van der Waals surface area contributed by atoms with E-state index in [-0.39, 0.29) is 6.10 Å². The van der Waals surface area contributed by atoms with Gasteiger partial charge in [-0.05, 0) is 30.5 Å². The molecule has 33 heavy (non-hydrogen) atoms. The molecule has 0 bridgehead atoms. The molecule has 1 saturated heterocycles. The van der Waals surface area contributed by atoms with E-state index in [0.717, 1.165) is 30.4 Å². The Morgan fingerprint density at radius 2 is 1.55 bits per heavy atom. The molecule has 0 aliphatic carbocycles. The summed E-state index contributed by atoms with van der Waals surface area (Å²) in [7, 11) is 0. The maximum Gasteiger partial charge on any atom is 0.516 e. The molecule has 1 fully saturated rings. The summed E-state index contributed by atoms with van der Waals surface area (Å²) in [4.78, 5) is 20.5. The van der Waals surface area contributed by atoms with Crippen LogP contribution in [-0.4, -0.2) is 35.1 Å². The van der Waals surface area contributed by atoms with Gasteiger partial charge in [-0.1, -0.05) is 77.3 Å². The van der Waals surface area contributed by atoms with Gasteiger partial charge in [0.2, 0.25) is 6.29 Å². The largest absolute Gasteiger partial charge is 0.516 e. The number of benzene rings is 1. The Balaban J connectivity index is 1.34. The van der Waals surface area contributed by atoms with Gasteiger partial charge in [0.15, 0.2) is 0 Å². The maximum atomic E-state index is 11.8. The van der Waals surface area contributed by atoms with Crippen molar-refractivity contribution in [2.75, 3.05) is 6.61 Å². The fourth-order valence-corrected chi connectivity index (χ4v) is 3.59. The van der Waals surface area contributed by atoms with E-state index >= 15 is 0 Å². The number of carbonyl (C=O) groups is 1. The van der Waals surface area contributed by atoms with Crippen LogP contribution in [0.1, 0.15) is 78.1 Å². The zero-order valence-corrected chi connectivity index (χ0v) is 19.8. The van der Waals surface area contributed by atoms with Crippen molar-refractivity contribution < 1.29 is 23.7 Å². The first-order chi connectivity index (χ1) is 16.2. The monoisotopic (exact) mass is 456 g/mol. The van der Waals surface area contributed by atoms with Crippen molar-refractivity contribution in [3.8, 4) is 22.9 Å². The van der Waals surface area contributed by atoms with Crippen molar-refractivity contribution >= 4 is 6.16 Å². The lowest BCUT2D eigenvalue weighted by Gasteiger charge is -2.07. The molecule has 0 unspecified atom stereocenters. The Hall–Kier alpha value is -2.67. The second kappa shape index (κ2) is 13.8. The minimum Gasteiger partial charge on any atom is -0.463 e. The van der Waals surface area contributed by atoms with Crippen LogP contribution in [0.4, 0.5) is 4.79 Å². The van der Waals surface area contributed by atoms with Crippen LogP contribution in [0.2, 0.25) is 0 Å². The highest BCUT2D eigenvalue weighted by Crippen LogP contribution is 2.28. The fraction of sp³-hybridized carbons (Fsp3) is 0.577. The predicted molar refractivity (Wildman–Crippen MR) is 126 cm³/mol. The number of ether oxygens (including phenoxy) is 4. The first-order valence-corrected chi connectivity index (χ1v) is 12.3. The van der Waals surface area contributed by atoms with Crippen LogP contribution < -0.4 is 9.47 Å². The minimum absolute atomic E-state index is 0.00259. The molecule has 0 amide bonds.